The quantitative estimate of drug-likeness (QED) is 0.300. The van der Waals surface area contributed by atoms with Crippen LogP contribution in [0.15, 0.2) is 70.0 Å². The minimum atomic E-state index is -0.476. The predicted molar refractivity (Wildman–Crippen MR) is 115 cm³/mol. The van der Waals surface area contributed by atoms with Gasteiger partial charge in [0.05, 0.1) is 15.5 Å². The van der Waals surface area contributed by atoms with E-state index in [2.05, 4.69) is 0 Å². The van der Waals surface area contributed by atoms with Crippen LogP contribution < -0.4 is 4.90 Å². The molecule has 4 rings (SSSR count). The largest absolute Gasteiger partial charge is 0.457 e. The molecule has 1 fully saturated rings. The van der Waals surface area contributed by atoms with E-state index in [0.29, 0.717) is 22.8 Å². The zero-order valence-electron chi connectivity index (χ0n) is 15.9. The van der Waals surface area contributed by atoms with Crippen molar-refractivity contribution in [3.63, 3.8) is 0 Å². The molecule has 0 unspecified atom stereocenters. The summed E-state index contributed by atoms with van der Waals surface area (Å²) in [5.74, 6) is 0.394. The first-order valence-electron chi connectivity index (χ1n) is 9.18. The topological polar surface area (TPSA) is 93.7 Å². The Morgan fingerprint density at radius 1 is 1.10 bits per heavy atom. The Hall–Kier alpha value is -3.65. The Morgan fingerprint density at radius 2 is 1.87 bits per heavy atom. The lowest BCUT2D eigenvalue weighted by Crippen LogP contribution is -2.27. The van der Waals surface area contributed by atoms with Crippen LogP contribution in [0.25, 0.3) is 17.4 Å². The second-order valence-electron chi connectivity index (χ2n) is 6.55. The molecule has 0 spiro atoms. The summed E-state index contributed by atoms with van der Waals surface area (Å²) in [6.45, 7) is 2.03. The fourth-order valence-electron chi connectivity index (χ4n) is 3.06. The number of aryl methyl sites for hydroxylation is 1. The zero-order valence-corrected chi connectivity index (χ0v) is 16.7. The maximum atomic E-state index is 12.8. The van der Waals surface area contributed by atoms with Crippen molar-refractivity contribution < 1.29 is 18.9 Å². The standard InChI is InChI=1S/C22H16N2O5S/c1-2-14-6-8-16(9-7-14)23-21(25)20(30-22(23)26)13-18-10-11-19(29-18)15-4-3-5-17(12-15)24(27)28/h3-13H,2H2,1H3/b20-13+. The fraction of sp³-hybridized carbons (Fsp3) is 0.0909. The second-order valence-corrected chi connectivity index (χ2v) is 7.54. The van der Waals surface area contributed by atoms with Crippen LogP contribution in [0.2, 0.25) is 0 Å². The molecule has 0 saturated carbocycles. The van der Waals surface area contributed by atoms with Gasteiger partial charge in [0, 0.05) is 23.8 Å². The number of benzene rings is 2. The van der Waals surface area contributed by atoms with Crippen LogP contribution in [0.5, 0.6) is 0 Å². The molecular formula is C22H16N2O5S. The van der Waals surface area contributed by atoms with Crippen molar-refractivity contribution >= 4 is 40.4 Å². The lowest BCUT2D eigenvalue weighted by atomic mass is 10.1. The Balaban J connectivity index is 1.58. The molecule has 2 heterocycles. The number of rotatable bonds is 5. The molecule has 0 aliphatic carbocycles. The van der Waals surface area contributed by atoms with Gasteiger partial charge in [0.1, 0.15) is 11.5 Å². The maximum absolute atomic E-state index is 12.8. The monoisotopic (exact) mass is 420 g/mol. The number of thioether (sulfide) groups is 1. The molecule has 2 amide bonds. The Morgan fingerprint density at radius 3 is 2.57 bits per heavy atom. The highest BCUT2D eigenvalue weighted by Gasteiger charge is 2.36. The number of imide groups is 1. The summed E-state index contributed by atoms with van der Waals surface area (Å²) in [7, 11) is 0. The van der Waals surface area contributed by atoms with Gasteiger partial charge >= 0.3 is 0 Å². The molecule has 1 aliphatic rings. The maximum Gasteiger partial charge on any atom is 0.298 e. The van der Waals surface area contributed by atoms with E-state index in [9.17, 15) is 19.7 Å². The molecule has 150 valence electrons. The third kappa shape index (κ3) is 3.77. The van der Waals surface area contributed by atoms with Gasteiger partial charge in [-0.1, -0.05) is 31.2 Å². The van der Waals surface area contributed by atoms with Crippen LogP contribution in [0.1, 0.15) is 18.2 Å². The molecule has 1 aliphatic heterocycles. The molecule has 0 radical (unpaired) electrons. The van der Waals surface area contributed by atoms with Gasteiger partial charge in [-0.15, -0.1) is 0 Å². The van der Waals surface area contributed by atoms with E-state index >= 15 is 0 Å². The molecule has 0 bridgehead atoms. The molecule has 1 saturated heterocycles. The molecular weight excluding hydrogens is 404 g/mol. The number of carbonyl (C=O) groups excluding carboxylic acids is 2. The highest BCUT2D eigenvalue weighted by atomic mass is 32.2. The lowest BCUT2D eigenvalue weighted by Gasteiger charge is -2.12. The van der Waals surface area contributed by atoms with Crippen LogP contribution in [0.3, 0.4) is 0 Å². The number of hydrogen-bond donors (Lipinski definition) is 0. The molecule has 8 heteroatoms. The SMILES string of the molecule is CCc1ccc(N2C(=O)S/C(=C/c3ccc(-c4cccc([N+](=O)[O-])c4)o3)C2=O)cc1. The van der Waals surface area contributed by atoms with Crippen molar-refractivity contribution in [1.29, 1.82) is 0 Å². The Kier molecular flexibility index (Phi) is 5.24. The molecule has 0 atom stereocenters. The van der Waals surface area contributed by atoms with E-state index in [1.165, 1.54) is 18.2 Å². The average molecular weight is 420 g/mol. The zero-order chi connectivity index (χ0) is 21.3. The van der Waals surface area contributed by atoms with Crippen LogP contribution in [0.4, 0.5) is 16.2 Å². The first-order valence-corrected chi connectivity index (χ1v) is 9.99. The minimum absolute atomic E-state index is 0.0411. The number of nitro benzene ring substituents is 1. The number of furan rings is 1. The summed E-state index contributed by atoms with van der Waals surface area (Å²) in [6, 6.07) is 16.7. The number of anilines is 1. The van der Waals surface area contributed by atoms with Crippen molar-refractivity contribution in [2.45, 2.75) is 13.3 Å². The molecule has 0 N–H and O–H groups in total. The van der Waals surface area contributed by atoms with Crippen molar-refractivity contribution in [2.75, 3.05) is 4.90 Å². The van der Waals surface area contributed by atoms with Crippen LogP contribution >= 0.6 is 11.8 Å². The molecule has 1 aromatic heterocycles. The summed E-state index contributed by atoms with van der Waals surface area (Å²) in [6.07, 6.45) is 2.37. The normalized spacial score (nSPS) is 15.2. The Labute approximate surface area is 176 Å². The van der Waals surface area contributed by atoms with Crippen LogP contribution in [-0.2, 0) is 11.2 Å². The van der Waals surface area contributed by atoms with E-state index < -0.39 is 10.8 Å². The van der Waals surface area contributed by atoms with E-state index in [4.69, 9.17) is 4.42 Å². The van der Waals surface area contributed by atoms with Crippen molar-refractivity contribution in [3.8, 4) is 11.3 Å². The number of hydrogen-bond acceptors (Lipinski definition) is 6. The lowest BCUT2D eigenvalue weighted by molar-refractivity contribution is -0.384. The highest BCUT2D eigenvalue weighted by Crippen LogP contribution is 2.36. The van der Waals surface area contributed by atoms with Crippen molar-refractivity contribution in [3.05, 3.63) is 87.0 Å². The number of non-ortho nitro benzene ring substituents is 1. The molecule has 30 heavy (non-hydrogen) atoms. The minimum Gasteiger partial charge on any atom is -0.457 e. The van der Waals surface area contributed by atoms with Gasteiger partial charge in [0.25, 0.3) is 16.8 Å². The Bertz CT molecular complexity index is 1180. The predicted octanol–water partition coefficient (Wildman–Crippen LogP) is 5.66. The van der Waals surface area contributed by atoms with E-state index in [0.717, 1.165) is 28.6 Å². The van der Waals surface area contributed by atoms with E-state index in [-0.39, 0.29) is 15.8 Å². The summed E-state index contributed by atoms with van der Waals surface area (Å²) < 4.78 is 5.73. The van der Waals surface area contributed by atoms with Crippen molar-refractivity contribution in [1.82, 2.24) is 0 Å². The first-order chi connectivity index (χ1) is 14.5. The van der Waals surface area contributed by atoms with Gasteiger partial charge in [-0.2, -0.15) is 0 Å². The van der Waals surface area contributed by atoms with Gasteiger partial charge in [-0.25, -0.2) is 4.90 Å². The average Bonchev–Trinajstić information content (AvgIpc) is 3.33. The highest BCUT2D eigenvalue weighted by molar-refractivity contribution is 8.19. The number of nitrogens with zero attached hydrogens (tertiary/aromatic N) is 2. The van der Waals surface area contributed by atoms with Gasteiger partial charge in [0.2, 0.25) is 0 Å². The summed E-state index contributed by atoms with van der Waals surface area (Å²) in [5, 5.41) is 10.6. The second kappa shape index (κ2) is 8.00. The third-order valence-corrected chi connectivity index (χ3v) is 5.51. The molecule has 2 aromatic carbocycles. The van der Waals surface area contributed by atoms with Gasteiger partial charge in [0.15, 0.2) is 0 Å². The molecule has 7 nitrogen and oxygen atoms in total. The number of carbonyl (C=O) groups is 2. The van der Waals surface area contributed by atoms with Crippen LogP contribution in [0, 0.1) is 10.1 Å². The first kappa shape index (κ1) is 19.7. The van der Waals surface area contributed by atoms with Crippen LogP contribution in [-0.4, -0.2) is 16.1 Å². The summed E-state index contributed by atoms with van der Waals surface area (Å²) >= 11 is 0.842. The molecule has 3 aromatic rings. The van der Waals surface area contributed by atoms with Crippen molar-refractivity contribution in [2.24, 2.45) is 0 Å². The number of amides is 2. The van der Waals surface area contributed by atoms with Gasteiger partial charge < -0.3 is 4.42 Å². The fourth-order valence-corrected chi connectivity index (χ4v) is 3.88. The third-order valence-electron chi connectivity index (χ3n) is 4.64. The van der Waals surface area contributed by atoms with E-state index in [1.807, 2.05) is 19.1 Å². The summed E-state index contributed by atoms with van der Waals surface area (Å²) in [5.41, 5.74) is 2.15. The summed E-state index contributed by atoms with van der Waals surface area (Å²) in [4.78, 5) is 37.0. The van der Waals surface area contributed by atoms with Gasteiger partial charge in [-0.3, -0.25) is 19.7 Å². The van der Waals surface area contributed by atoms with Gasteiger partial charge in [-0.05, 0) is 48.0 Å². The number of nitro groups is 1. The van der Waals surface area contributed by atoms with E-state index in [1.54, 1.807) is 36.4 Å². The smallest absolute Gasteiger partial charge is 0.298 e.